The zero-order chi connectivity index (χ0) is 19.7. The average Bonchev–Trinajstić information content (AvgIpc) is 3.00. The molecule has 0 spiro atoms. The minimum atomic E-state index is -0.909. The highest BCUT2D eigenvalue weighted by Gasteiger charge is 2.18. The van der Waals surface area contributed by atoms with Crippen molar-refractivity contribution in [2.45, 2.75) is 6.42 Å². The monoisotopic (exact) mass is 371 g/mol. The van der Waals surface area contributed by atoms with Crippen LogP contribution in [0.5, 0.6) is 5.75 Å². The Kier molecular flexibility index (Phi) is 4.62. The summed E-state index contributed by atoms with van der Waals surface area (Å²) >= 11 is 0. The van der Waals surface area contributed by atoms with Crippen LogP contribution < -0.4 is 4.74 Å². The Labute approximate surface area is 163 Å². The maximum Gasteiger partial charge on any atom is 0.335 e. The number of carbonyl (C=O) groups is 1. The fraction of sp³-hybridized carbons (Fsp3) is 0.125. The molecule has 4 rings (SSSR count). The molecule has 4 nitrogen and oxygen atoms in total. The van der Waals surface area contributed by atoms with E-state index in [-0.39, 0.29) is 0 Å². The molecule has 28 heavy (non-hydrogen) atoms. The van der Waals surface area contributed by atoms with Gasteiger partial charge in [-0.25, -0.2) is 4.79 Å². The number of hydrogen-bond acceptors (Lipinski definition) is 2. The zero-order valence-electron chi connectivity index (χ0n) is 15.8. The van der Waals surface area contributed by atoms with Gasteiger partial charge in [0.05, 0.1) is 23.9 Å². The predicted octanol–water partition coefficient (Wildman–Crippen LogP) is 5.14. The number of hydrogen-bond donors (Lipinski definition) is 1. The van der Waals surface area contributed by atoms with Crippen LogP contribution in [-0.4, -0.2) is 22.8 Å². The van der Waals surface area contributed by atoms with Crippen LogP contribution in [-0.2, 0) is 13.5 Å². The molecule has 0 radical (unpaired) electrons. The minimum Gasteiger partial charge on any atom is -0.497 e. The molecule has 1 heterocycles. The topological polar surface area (TPSA) is 51.5 Å². The van der Waals surface area contributed by atoms with Gasteiger partial charge in [0.15, 0.2) is 0 Å². The van der Waals surface area contributed by atoms with Crippen LogP contribution >= 0.6 is 0 Å². The lowest BCUT2D eigenvalue weighted by atomic mass is 9.97. The van der Waals surface area contributed by atoms with E-state index in [1.807, 2.05) is 36.4 Å². The Hall–Kier alpha value is -3.53. The van der Waals surface area contributed by atoms with E-state index in [0.29, 0.717) is 12.0 Å². The Balaban J connectivity index is 1.93. The highest BCUT2D eigenvalue weighted by Crippen LogP contribution is 2.36. The standard InChI is InChI=1S/C24H21NO3/c1-25-22-15-19(28-2)11-12-20(22)21(23(25)17-8-4-3-5-9-17)14-16-7-6-10-18(13-16)24(26)27/h3-13,15H,14H2,1-2H3,(H,26,27). The summed E-state index contributed by atoms with van der Waals surface area (Å²) in [6.07, 6.45) is 0.648. The third-order valence-corrected chi connectivity index (χ3v) is 5.11. The fourth-order valence-electron chi connectivity index (χ4n) is 3.78. The van der Waals surface area contributed by atoms with E-state index in [2.05, 4.69) is 29.8 Å². The number of carboxylic acids is 1. The van der Waals surface area contributed by atoms with Gasteiger partial charge < -0.3 is 14.4 Å². The molecule has 0 saturated carbocycles. The van der Waals surface area contributed by atoms with Crippen LogP contribution in [0.15, 0.2) is 72.8 Å². The smallest absolute Gasteiger partial charge is 0.335 e. The number of carboxylic acid groups (broad SMARTS) is 1. The Morgan fingerprint density at radius 2 is 1.79 bits per heavy atom. The number of benzene rings is 3. The Bertz CT molecular complexity index is 1160. The van der Waals surface area contributed by atoms with Gasteiger partial charge in [-0.05, 0) is 41.0 Å². The molecule has 0 saturated heterocycles. The van der Waals surface area contributed by atoms with Crippen LogP contribution in [0.1, 0.15) is 21.5 Å². The molecule has 1 aromatic heterocycles. The molecule has 0 aliphatic carbocycles. The predicted molar refractivity (Wildman–Crippen MR) is 111 cm³/mol. The number of fused-ring (bicyclic) bond motifs is 1. The van der Waals surface area contributed by atoms with E-state index in [1.165, 1.54) is 5.56 Å². The second-order valence-electron chi connectivity index (χ2n) is 6.82. The second-order valence-corrected chi connectivity index (χ2v) is 6.82. The van der Waals surface area contributed by atoms with E-state index >= 15 is 0 Å². The average molecular weight is 371 g/mol. The van der Waals surface area contributed by atoms with Crippen LogP contribution in [0, 0.1) is 0 Å². The minimum absolute atomic E-state index is 0.306. The summed E-state index contributed by atoms with van der Waals surface area (Å²) in [6, 6.07) is 23.5. The van der Waals surface area contributed by atoms with E-state index in [4.69, 9.17) is 4.74 Å². The maximum absolute atomic E-state index is 11.4. The summed E-state index contributed by atoms with van der Waals surface area (Å²) in [5.41, 5.74) is 5.80. The van der Waals surface area contributed by atoms with Crippen molar-refractivity contribution in [3.8, 4) is 17.0 Å². The first kappa shape index (κ1) is 17.9. The lowest BCUT2D eigenvalue weighted by Crippen LogP contribution is -1.99. The molecule has 0 bridgehead atoms. The number of rotatable bonds is 5. The first-order chi connectivity index (χ1) is 13.6. The molecule has 0 amide bonds. The summed E-state index contributed by atoms with van der Waals surface area (Å²) in [6.45, 7) is 0. The lowest BCUT2D eigenvalue weighted by molar-refractivity contribution is 0.0696. The van der Waals surface area contributed by atoms with Crippen molar-refractivity contribution in [1.82, 2.24) is 4.57 Å². The molecule has 0 atom stereocenters. The van der Waals surface area contributed by atoms with Crippen molar-refractivity contribution in [2.75, 3.05) is 7.11 Å². The number of nitrogens with zero attached hydrogens (tertiary/aromatic N) is 1. The van der Waals surface area contributed by atoms with Crippen molar-refractivity contribution < 1.29 is 14.6 Å². The van der Waals surface area contributed by atoms with Gasteiger partial charge in [-0.3, -0.25) is 0 Å². The molecule has 0 aliphatic heterocycles. The normalized spacial score (nSPS) is 10.9. The van der Waals surface area contributed by atoms with Gasteiger partial charge in [0.2, 0.25) is 0 Å². The number of methoxy groups -OCH3 is 1. The molecular formula is C24H21NO3. The van der Waals surface area contributed by atoms with Crippen molar-refractivity contribution in [1.29, 1.82) is 0 Å². The van der Waals surface area contributed by atoms with Crippen molar-refractivity contribution in [3.63, 3.8) is 0 Å². The van der Waals surface area contributed by atoms with Crippen LogP contribution in [0.3, 0.4) is 0 Å². The molecule has 4 aromatic rings. The first-order valence-electron chi connectivity index (χ1n) is 9.11. The van der Waals surface area contributed by atoms with E-state index < -0.39 is 5.97 Å². The Morgan fingerprint density at radius 3 is 2.50 bits per heavy atom. The van der Waals surface area contributed by atoms with Gasteiger partial charge in [-0.15, -0.1) is 0 Å². The van der Waals surface area contributed by atoms with Crippen molar-refractivity contribution in [3.05, 3.63) is 89.5 Å². The first-order valence-corrected chi connectivity index (χ1v) is 9.11. The van der Waals surface area contributed by atoms with E-state index in [9.17, 15) is 9.90 Å². The molecule has 1 N–H and O–H groups in total. The van der Waals surface area contributed by atoms with Gasteiger partial charge in [-0.1, -0.05) is 42.5 Å². The zero-order valence-corrected chi connectivity index (χ0v) is 15.8. The summed E-state index contributed by atoms with van der Waals surface area (Å²) in [4.78, 5) is 11.4. The third kappa shape index (κ3) is 3.14. The maximum atomic E-state index is 11.4. The summed E-state index contributed by atoms with van der Waals surface area (Å²) in [7, 11) is 3.72. The largest absolute Gasteiger partial charge is 0.497 e. The van der Waals surface area contributed by atoms with Crippen molar-refractivity contribution >= 4 is 16.9 Å². The number of ether oxygens (including phenoxy) is 1. The number of aryl methyl sites for hydroxylation is 1. The lowest BCUT2D eigenvalue weighted by Gasteiger charge is -2.09. The summed E-state index contributed by atoms with van der Waals surface area (Å²) < 4.78 is 7.60. The van der Waals surface area contributed by atoms with E-state index in [0.717, 1.165) is 33.5 Å². The highest BCUT2D eigenvalue weighted by atomic mass is 16.5. The SMILES string of the molecule is COc1ccc2c(Cc3cccc(C(=O)O)c3)c(-c3ccccc3)n(C)c2c1. The molecule has 4 heteroatoms. The van der Waals surface area contributed by atoms with Gasteiger partial charge in [-0.2, -0.15) is 0 Å². The van der Waals surface area contributed by atoms with E-state index in [1.54, 1.807) is 25.3 Å². The molecule has 0 unspecified atom stereocenters. The van der Waals surface area contributed by atoms with Gasteiger partial charge in [0.1, 0.15) is 5.75 Å². The quantitative estimate of drug-likeness (QED) is 0.528. The molecule has 0 aliphatic rings. The summed E-state index contributed by atoms with van der Waals surface area (Å²) in [5, 5.41) is 10.5. The van der Waals surface area contributed by atoms with Crippen LogP contribution in [0.25, 0.3) is 22.2 Å². The fourth-order valence-corrected chi connectivity index (χ4v) is 3.78. The molecule has 140 valence electrons. The molecule has 0 fully saturated rings. The van der Waals surface area contributed by atoms with Gasteiger partial charge in [0, 0.05) is 24.9 Å². The molecule has 3 aromatic carbocycles. The van der Waals surface area contributed by atoms with Crippen LogP contribution in [0.2, 0.25) is 0 Å². The van der Waals surface area contributed by atoms with Crippen molar-refractivity contribution in [2.24, 2.45) is 7.05 Å². The van der Waals surface area contributed by atoms with Gasteiger partial charge in [0.25, 0.3) is 0 Å². The number of aromatic nitrogens is 1. The number of aromatic carboxylic acids is 1. The third-order valence-electron chi connectivity index (χ3n) is 5.11. The van der Waals surface area contributed by atoms with Crippen LogP contribution in [0.4, 0.5) is 0 Å². The Morgan fingerprint density at radius 1 is 1.00 bits per heavy atom. The summed E-state index contributed by atoms with van der Waals surface area (Å²) in [5.74, 6) is -0.0973. The van der Waals surface area contributed by atoms with Gasteiger partial charge >= 0.3 is 5.97 Å². The highest BCUT2D eigenvalue weighted by molar-refractivity contribution is 5.93. The second kappa shape index (κ2) is 7.24. The molecular weight excluding hydrogens is 350 g/mol.